The fourth-order valence-electron chi connectivity index (χ4n) is 3.08. The molecule has 3 rings (SSSR count). The highest BCUT2D eigenvalue weighted by atomic mass is 35.5. The zero-order valence-corrected chi connectivity index (χ0v) is 18.4. The molecule has 2 unspecified atom stereocenters. The topological polar surface area (TPSA) is 135 Å². The third-order valence-electron chi connectivity index (χ3n) is 4.30. The van der Waals surface area contributed by atoms with E-state index in [0.29, 0.717) is 0 Å². The van der Waals surface area contributed by atoms with Crippen molar-refractivity contribution in [2.75, 3.05) is 13.7 Å². The molecular formula is C16H20ClN3O7S2. The minimum atomic E-state index is -4.10. The second-order valence-electron chi connectivity index (χ2n) is 7.54. The predicted octanol–water partition coefficient (Wildman–Crippen LogP) is 2.20. The summed E-state index contributed by atoms with van der Waals surface area (Å²) in [6.45, 7) is 5.06. The number of hydrogen-bond acceptors (Lipinski definition) is 8. The Labute approximate surface area is 176 Å². The summed E-state index contributed by atoms with van der Waals surface area (Å²) >= 11 is 7.08. The van der Waals surface area contributed by atoms with Gasteiger partial charge in [0.2, 0.25) is 11.4 Å². The van der Waals surface area contributed by atoms with Gasteiger partial charge < -0.3 is 14.6 Å². The lowest BCUT2D eigenvalue weighted by Gasteiger charge is -2.38. The first-order chi connectivity index (χ1) is 13.3. The quantitative estimate of drug-likeness (QED) is 0.683. The number of carbonyl (C=O) groups excluding carboxylic acids is 1. The van der Waals surface area contributed by atoms with Crippen molar-refractivity contribution in [3.63, 3.8) is 0 Å². The van der Waals surface area contributed by atoms with E-state index in [0.717, 1.165) is 15.6 Å². The molecule has 1 aromatic heterocycles. The van der Waals surface area contributed by atoms with Gasteiger partial charge in [-0.15, -0.1) is 11.3 Å². The van der Waals surface area contributed by atoms with E-state index in [1.807, 2.05) is 0 Å². The Hall–Kier alpha value is -1.89. The van der Waals surface area contributed by atoms with Crippen LogP contribution in [0.5, 0.6) is 0 Å². The SMILES string of the molecule is CN1C(NC(=O)OC(C)(C)C)=NC2(c3sc(C(=O)O)cc3Cl)CCOC2S1(=O)=O. The molecule has 13 heteroatoms. The van der Waals surface area contributed by atoms with Crippen molar-refractivity contribution in [3.05, 3.63) is 20.8 Å². The number of hydrogen-bond donors (Lipinski definition) is 2. The molecule has 1 aromatic rings. The van der Waals surface area contributed by atoms with Crippen molar-refractivity contribution < 1.29 is 32.6 Å². The summed E-state index contributed by atoms with van der Waals surface area (Å²) in [7, 11) is -2.87. The van der Waals surface area contributed by atoms with Crippen LogP contribution in [0.2, 0.25) is 5.02 Å². The van der Waals surface area contributed by atoms with Crippen LogP contribution in [-0.4, -0.2) is 60.5 Å². The summed E-state index contributed by atoms with van der Waals surface area (Å²) in [6.07, 6.45) is -0.738. The van der Waals surface area contributed by atoms with E-state index in [2.05, 4.69) is 10.3 Å². The Morgan fingerprint density at radius 3 is 2.69 bits per heavy atom. The monoisotopic (exact) mass is 465 g/mol. The van der Waals surface area contributed by atoms with Crippen molar-refractivity contribution in [2.24, 2.45) is 4.99 Å². The molecule has 2 aliphatic rings. The van der Waals surface area contributed by atoms with Gasteiger partial charge in [0.25, 0.3) is 10.0 Å². The lowest BCUT2D eigenvalue weighted by molar-refractivity contribution is 0.0556. The zero-order chi connectivity index (χ0) is 21.8. The molecule has 3 heterocycles. The van der Waals surface area contributed by atoms with Crippen LogP contribution in [-0.2, 0) is 25.0 Å². The molecule has 2 aliphatic heterocycles. The number of aromatic carboxylic acids is 1. The number of sulfonamides is 1. The van der Waals surface area contributed by atoms with Crippen molar-refractivity contribution in [2.45, 2.75) is 43.8 Å². The highest BCUT2D eigenvalue weighted by Gasteiger charge is 2.59. The Balaban J connectivity index is 2.12. The molecule has 2 atom stereocenters. The van der Waals surface area contributed by atoms with Crippen LogP contribution in [0, 0.1) is 0 Å². The van der Waals surface area contributed by atoms with Gasteiger partial charge in [0.15, 0.2) is 0 Å². The molecule has 29 heavy (non-hydrogen) atoms. The summed E-state index contributed by atoms with van der Waals surface area (Å²) in [5.74, 6) is -1.45. The minimum absolute atomic E-state index is 0.0572. The van der Waals surface area contributed by atoms with Crippen molar-refractivity contribution in [1.29, 1.82) is 0 Å². The number of carboxylic acids is 1. The number of nitrogens with one attached hydrogen (secondary N) is 1. The first kappa shape index (κ1) is 21.8. The van der Waals surface area contributed by atoms with Crippen molar-refractivity contribution >= 4 is 51.0 Å². The number of halogens is 1. The number of ether oxygens (including phenoxy) is 2. The second kappa shape index (κ2) is 7.11. The molecule has 0 spiro atoms. The number of amides is 1. The first-order valence-electron chi connectivity index (χ1n) is 8.50. The van der Waals surface area contributed by atoms with E-state index < -0.39 is 38.7 Å². The van der Waals surface area contributed by atoms with Gasteiger partial charge in [-0.3, -0.25) is 5.32 Å². The van der Waals surface area contributed by atoms with Gasteiger partial charge in [-0.25, -0.2) is 27.3 Å². The second-order valence-corrected chi connectivity index (χ2v) is 11.0. The summed E-state index contributed by atoms with van der Waals surface area (Å²) in [5.41, 5.74) is -3.69. The molecule has 2 N–H and O–H groups in total. The normalized spacial score (nSPS) is 25.9. The van der Waals surface area contributed by atoms with Gasteiger partial charge >= 0.3 is 12.1 Å². The summed E-state index contributed by atoms with van der Waals surface area (Å²) < 4.78 is 37.6. The van der Waals surface area contributed by atoms with E-state index >= 15 is 0 Å². The van der Waals surface area contributed by atoms with Crippen LogP contribution in [0.15, 0.2) is 11.1 Å². The van der Waals surface area contributed by atoms with Gasteiger partial charge in [0, 0.05) is 13.5 Å². The molecule has 1 saturated heterocycles. The largest absolute Gasteiger partial charge is 0.477 e. The number of carbonyl (C=O) groups is 2. The molecular weight excluding hydrogens is 446 g/mol. The van der Waals surface area contributed by atoms with E-state index in [1.54, 1.807) is 20.8 Å². The fourth-order valence-corrected chi connectivity index (χ4v) is 6.35. The average molecular weight is 466 g/mol. The lowest BCUT2D eigenvalue weighted by atomic mass is 9.97. The molecule has 0 saturated carbocycles. The number of fused-ring (bicyclic) bond motifs is 1. The molecule has 0 aromatic carbocycles. The Kier molecular flexibility index (Phi) is 5.35. The third-order valence-corrected chi connectivity index (χ3v) is 8.01. The van der Waals surface area contributed by atoms with Gasteiger partial charge in [-0.1, -0.05) is 11.6 Å². The van der Waals surface area contributed by atoms with Crippen LogP contribution in [0.4, 0.5) is 4.79 Å². The van der Waals surface area contributed by atoms with Crippen molar-refractivity contribution in [1.82, 2.24) is 9.62 Å². The highest BCUT2D eigenvalue weighted by molar-refractivity contribution is 7.90. The molecule has 0 radical (unpaired) electrons. The average Bonchev–Trinajstić information content (AvgIpc) is 3.16. The van der Waals surface area contributed by atoms with Gasteiger partial charge in [0.05, 0.1) is 16.5 Å². The maximum absolute atomic E-state index is 13.1. The molecule has 1 fully saturated rings. The molecule has 0 aliphatic carbocycles. The third kappa shape index (κ3) is 3.81. The number of rotatable bonds is 2. The molecule has 160 valence electrons. The molecule has 1 amide bonds. The minimum Gasteiger partial charge on any atom is -0.477 e. The number of alkyl carbamates (subject to hydrolysis) is 1. The summed E-state index contributed by atoms with van der Waals surface area (Å²) in [4.78, 5) is 28.2. The summed E-state index contributed by atoms with van der Waals surface area (Å²) in [6, 6.07) is 1.25. The predicted molar refractivity (Wildman–Crippen MR) is 106 cm³/mol. The van der Waals surface area contributed by atoms with Gasteiger partial charge in [-0.05, 0) is 26.8 Å². The van der Waals surface area contributed by atoms with Crippen LogP contribution in [0.25, 0.3) is 0 Å². The standard InChI is InChI=1S/C16H20ClN3O7S2/c1-15(2,3)27-14(23)18-13-19-16(10-8(17)7-9(28-10)11(21)22)5-6-26-12(16)29(24,25)20(13)4/h7,12H,5-6H2,1-4H3,(H,21,22)(H,18,19,23). The fraction of sp³-hybridized carbons (Fsp3) is 0.562. The van der Waals surface area contributed by atoms with E-state index in [9.17, 15) is 23.1 Å². The molecule has 10 nitrogen and oxygen atoms in total. The van der Waals surface area contributed by atoms with E-state index in [1.165, 1.54) is 13.1 Å². The maximum Gasteiger partial charge on any atom is 0.414 e. The Morgan fingerprint density at radius 2 is 2.14 bits per heavy atom. The first-order valence-corrected chi connectivity index (χ1v) is 11.2. The van der Waals surface area contributed by atoms with Gasteiger partial charge in [0.1, 0.15) is 16.0 Å². The number of thiophene rings is 1. The van der Waals surface area contributed by atoms with Gasteiger partial charge in [-0.2, -0.15) is 0 Å². The van der Waals surface area contributed by atoms with Crippen LogP contribution in [0.1, 0.15) is 41.7 Å². The number of nitrogens with zero attached hydrogens (tertiary/aromatic N) is 2. The smallest absolute Gasteiger partial charge is 0.414 e. The highest BCUT2D eigenvalue weighted by Crippen LogP contribution is 2.50. The van der Waals surface area contributed by atoms with Crippen LogP contribution in [0.3, 0.4) is 0 Å². The van der Waals surface area contributed by atoms with Crippen LogP contribution >= 0.6 is 22.9 Å². The maximum atomic E-state index is 13.1. The molecule has 0 bridgehead atoms. The Morgan fingerprint density at radius 1 is 1.48 bits per heavy atom. The van der Waals surface area contributed by atoms with Crippen molar-refractivity contribution in [3.8, 4) is 0 Å². The van der Waals surface area contributed by atoms with E-state index in [4.69, 9.17) is 21.1 Å². The Bertz CT molecular complexity index is 999. The number of carboxylic acid groups (broad SMARTS) is 1. The number of guanidine groups is 1. The van der Waals surface area contributed by atoms with E-state index in [-0.39, 0.29) is 33.8 Å². The number of aliphatic imine (C=N–C) groups is 1. The summed E-state index contributed by atoms with van der Waals surface area (Å²) in [5, 5.41) is 11.7. The lowest BCUT2D eigenvalue weighted by Crippen LogP contribution is -2.57. The zero-order valence-electron chi connectivity index (χ0n) is 16.1. The van der Waals surface area contributed by atoms with Crippen LogP contribution < -0.4 is 5.32 Å².